The van der Waals surface area contributed by atoms with Crippen molar-refractivity contribution in [2.24, 2.45) is 0 Å². The quantitative estimate of drug-likeness (QED) is 0.442. The van der Waals surface area contributed by atoms with Crippen molar-refractivity contribution in [3.63, 3.8) is 0 Å². The van der Waals surface area contributed by atoms with Crippen LogP contribution >= 0.6 is 11.3 Å². The summed E-state index contributed by atoms with van der Waals surface area (Å²) < 4.78 is 2.09. The van der Waals surface area contributed by atoms with Crippen LogP contribution in [0.3, 0.4) is 0 Å². The number of pyridine rings is 1. The summed E-state index contributed by atoms with van der Waals surface area (Å²) in [4.78, 5) is 40.5. The summed E-state index contributed by atoms with van der Waals surface area (Å²) in [6.45, 7) is 5.51. The van der Waals surface area contributed by atoms with Gasteiger partial charge in [0.15, 0.2) is 5.01 Å². The SMILES string of the molecule is Cc1cn2c(-c3cccc(N4CC(N5CCN(C(=O)c6nccs6)CC5)CC4=O)c3)cccc2n1. The first kappa shape index (κ1) is 21.9. The molecular formula is C26H26N6O2S. The molecule has 1 atom stereocenters. The molecule has 2 aliphatic rings. The lowest BCUT2D eigenvalue weighted by Gasteiger charge is -2.37. The van der Waals surface area contributed by atoms with E-state index in [0.717, 1.165) is 41.4 Å². The van der Waals surface area contributed by atoms with E-state index >= 15 is 0 Å². The van der Waals surface area contributed by atoms with Crippen molar-refractivity contribution in [3.8, 4) is 11.3 Å². The lowest BCUT2D eigenvalue weighted by atomic mass is 10.1. The third-order valence-corrected chi connectivity index (χ3v) is 7.67. The van der Waals surface area contributed by atoms with Gasteiger partial charge < -0.3 is 9.80 Å². The zero-order chi connectivity index (χ0) is 23.9. The topological polar surface area (TPSA) is 74.1 Å². The number of hydrogen-bond donors (Lipinski definition) is 0. The first-order valence-electron chi connectivity index (χ1n) is 11.9. The molecule has 0 spiro atoms. The van der Waals surface area contributed by atoms with Gasteiger partial charge in [-0.05, 0) is 31.2 Å². The third-order valence-electron chi connectivity index (χ3n) is 6.90. The number of piperazine rings is 1. The largest absolute Gasteiger partial charge is 0.334 e. The first-order valence-corrected chi connectivity index (χ1v) is 12.7. The molecule has 6 rings (SSSR count). The number of rotatable bonds is 4. The first-order chi connectivity index (χ1) is 17.1. The minimum Gasteiger partial charge on any atom is -0.334 e. The minimum absolute atomic E-state index is 0.00342. The number of carbonyl (C=O) groups excluding carboxylic acids is 2. The van der Waals surface area contributed by atoms with Crippen LogP contribution in [0.25, 0.3) is 16.9 Å². The smallest absolute Gasteiger partial charge is 0.282 e. The second-order valence-corrected chi connectivity index (χ2v) is 9.99. The lowest BCUT2D eigenvalue weighted by Crippen LogP contribution is -2.52. The van der Waals surface area contributed by atoms with Gasteiger partial charge in [-0.3, -0.25) is 18.9 Å². The van der Waals surface area contributed by atoms with Crippen molar-refractivity contribution in [2.75, 3.05) is 37.6 Å². The molecule has 1 unspecified atom stereocenters. The fourth-order valence-corrected chi connectivity index (χ4v) is 5.74. The van der Waals surface area contributed by atoms with Gasteiger partial charge in [0.05, 0.1) is 11.4 Å². The van der Waals surface area contributed by atoms with Crippen molar-refractivity contribution < 1.29 is 9.59 Å². The molecule has 2 saturated heterocycles. The number of benzene rings is 1. The number of aromatic nitrogens is 3. The van der Waals surface area contributed by atoms with E-state index < -0.39 is 0 Å². The molecule has 35 heavy (non-hydrogen) atoms. The normalized spacial score (nSPS) is 19.1. The van der Waals surface area contributed by atoms with E-state index in [1.807, 2.05) is 52.6 Å². The Morgan fingerprint density at radius 2 is 1.91 bits per heavy atom. The Morgan fingerprint density at radius 1 is 1.09 bits per heavy atom. The van der Waals surface area contributed by atoms with Gasteiger partial charge in [0, 0.05) is 74.2 Å². The van der Waals surface area contributed by atoms with Crippen LogP contribution in [0.1, 0.15) is 21.9 Å². The highest BCUT2D eigenvalue weighted by molar-refractivity contribution is 7.11. The number of aryl methyl sites for hydroxylation is 1. The summed E-state index contributed by atoms with van der Waals surface area (Å²) in [5.74, 6) is 0.147. The number of amides is 2. The molecule has 2 fully saturated rings. The van der Waals surface area contributed by atoms with Crippen LogP contribution in [0.2, 0.25) is 0 Å². The third kappa shape index (κ3) is 4.11. The van der Waals surface area contributed by atoms with Crippen LogP contribution in [-0.2, 0) is 4.79 Å². The molecule has 0 saturated carbocycles. The molecule has 0 aliphatic carbocycles. The van der Waals surface area contributed by atoms with Crippen molar-refractivity contribution in [3.05, 3.63) is 70.9 Å². The number of thiazole rings is 1. The molecule has 3 aromatic heterocycles. The maximum Gasteiger partial charge on any atom is 0.282 e. The standard InChI is InChI=1S/C26H26N6O2S/c1-18-16-32-22(6-3-7-23(32)28-18)19-4-2-5-20(14-19)31-17-21(15-24(31)33)29-9-11-30(12-10-29)26(34)25-27-8-13-35-25/h2-8,13-14,16,21H,9-12,15,17H2,1H3. The van der Waals surface area contributed by atoms with Gasteiger partial charge in [-0.1, -0.05) is 18.2 Å². The van der Waals surface area contributed by atoms with Crippen molar-refractivity contribution in [1.29, 1.82) is 0 Å². The average molecular weight is 487 g/mol. The molecule has 2 amide bonds. The number of hydrogen-bond acceptors (Lipinski definition) is 6. The van der Waals surface area contributed by atoms with Crippen molar-refractivity contribution >= 4 is 34.5 Å². The van der Waals surface area contributed by atoms with Gasteiger partial charge in [0.25, 0.3) is 5.91 Å². The fraction of sp³-hybridized carbons (Fsp3) is 0.308. The molecule has 8 nitrogen and oxygen atoms in total. The summed E-state index contributed by atoms with van der Waals surface area (Å²) in [7, 11) is 0. The van der Waals surface area contributed by atoms with Gasteiger partial charge in [0.2, 0.25) is 5.91 Å². The minimum atomic E-state index is 0.00342. The highest BCUT2D eigenvalue weighted by Crippen LogP contribution is 2.30. The summed E-state index contributed by atoms with van der Waals surface area (Å²) in [6, 6.07) is 14.4. The fourth-order valence-electron chi connectivity index (χ4n) is 5.14. The maximum absolute atomic E-state index is 13.0. The number of anilines is 1. The Bertz CT molecular complexity index is 1390. The Hall–Kier alpha value is -3.56. The van der Waals surface area contributed by atoms with E-state index in [-0.39, 0.29) is 17.9 Å². The predicted molar refractivity (Wildman–Crippen MR) is 136 cm³/mol. The molecular weight excluding hydrogens is 460 g/mol. The van der Waals surface area contributed by atoms with Crippen LogP contribution in [0.15, 0.2) is 60.2 Å². The summed E-state index contributed by atoms with van der Waals surface area (Å²) in [5.41, 5.74) is 4.90. The second kappa shape index (κ2) is 8.90. The van der Waals surface area contributed by atoms with E-state index in [9.17, 15) is 9.59 Å². The van der Waals surface area contributed by atoms with Gasteiger partial charge in [-0.15, -0.1) is 11.3 Å². The van der Waals surface area contributed by atoms with E-state index in [1.54, 1.807) is 6.20 Å². The van der Waals surface area contributed by atoms with Crippen LogP contribution in [0.4, 0.5) is 5.69 Å². The van der Waals surface area contributed by atoms with Crippen molar-refractivity contribution in [1.82, 2.24) is 24.2 Å². The number of carbonyl (C=O) groups is 2. The summed E-state index contributed by atoms with van der Waals surface area (Å²) in [5, 5.41) is 2.37. The number of nitrogens with zero attached hydrogens (tertiary/aromatic N) is 6. The van der Waals surface area contributed by atoms with E-state index in [2.05, 4.69) is 37.5 Å². The van der Waals surface area contributed by atoms with E-state index in [4.69, 9.17) is 0 Å². The van der Waals surface area contributed by atoms with Crippen LogP contribution in [0, 0.1) is 6.92 Å². The Labute approximate surface area is 207 Å². The zero-order valence-corrected chi connectivity index (χ0v) is 20.3. The molecule has 5 heterocycles. The molecule has 0 radical (unpaired) electrons. The zero-order valence-electron chi connectivity index (χ0n) is 19.5. The van der Waals surface area contributed by atoms with Gasteiger partial charge >= 0.3 is 0 Å². The number of fused-ring (bicyclic) bond motifs is 1. The van der Waals surface area contributed by atoms with Gasteiger partial charge in [-0.2, -0.15) is 0 Å². The van der Waals surface area contributed by atoms with Crippen molar-refractivity contribution in [2.45, 2.75) is 19.4 Å². The van der Waals surface area contributed by atoms with Gasteiger partial charge in [0.1, 0.15) is 5.65 Å². The average Bonchev–Trinajstić information content (AvgIpc) is 3.63. The highest BCUT2D eigenvalue weighted by atomic mass is 32.1. The molecule has 0 bridgehead atoms. The Kier molecular flexibility index (Phi) is 5.58. The molecule has 178 valence electrons. The molecule has 4 aromatic rings. The van der Waals surface area contributed by atoms with Crippen LogP contribution < -0.4 is 4.90 Å². The van der Waals surface area contributed by atoms with Gasteiger partial charge in [-0.25, -0.2) is 9.97 Å². The Morgan fingerprint density at radius 3 is 2.71 bits per heavy atom. The lowest BCUT2D eigenvalue weighted by molar-refractivity contribution is -0.117. The maximum atomic E-state index is 13.0. The molecule has 1 aromatic carbocycles. The number of imidazole rings is 1. The summed E-state index contributed by atoms with van der Waals surface area (Å²) >= 11 is 1.38. The van der Waals surface area contributed by atoms with Crippen LogP contribution in [-0.4, -0.2) is 74.7 Å². The summed E-state index contributed by atoms with van der Waals surface area (Å²) in [6.07, 6.45) is 4.20. The molecule has 2 aliphatic heterocycles. The second-order valence-electron chi connectivity index (χ2n) is 9.10. The predicted octanol–water partition coefficient (Wildman–Crippen LogP) is 3.33. The Balaban J connectivity index is 1.16. The van der Waals surface area contributed by atoms with E-state index in [0.29, 0.717) is 31.1 Å². The highest BCUT2D eigenvalue weighted by Gasteiger charge is 2.36. The molecule has 0 N–H and O–H groups in total. The van der Waals surface area contributed by atoms with E-state index in [1.165, 1.54) is 11.3 Å². The molecule has 9 heteroatoms. The monoisotopic (exact) mass is 486 g/mol. The van der Waals surface area contributed by atoms with Crippen LogP contribution in [0.5, 0.6) is 0 Å².